The number of nitro groups is 1. The zero-order chi connectivity index (χ0) is 15.6. The van der Waals surface area contributed by atoms with Gasteiger partial charge in [-0.25, -0.2) is 4.39 Å². The quantitative estimate of drug-likeness (QED) is 0.677. The van der Waals surface area contributed by atoms with Gasteiger partial charge in [0.2, 0.25) is 5.82 Å². The second-order valence-electron chi connectivity index (χ2n) is 4.53. The van der Waals surface area contributed by atoms with Crippen LogP contribution in [0.4, 0.5) is 20.2 Å². The highest BCUT2D eigenvalue weighted by Gasteiger charge is 2.32. The number of thioether (sulfide) groups is 1. The molecular weight excluding hydrogens is 306 g/mol. The molecule has 1 N–H and O–H groups in total. The lowest BCUT2D eigenvalue weighted by atomic mass is 10.1. The molecule has 0 aromatic heterocycles. The van der Waals surface area contributed by atoms with Crippen molar-refractivity contribution in [1.29, 1.82) is 0 Å². The molecule has 0 bridgehead atoms. The third-order valence-corrected chi connectivity index (χ3v) is 4.23. The molecule has 0 spiro atoms. The Morgan fingerprint density at radius 3 is 2.86 bits per heavy atom. The monoisotopic (exact) mass is 318 g/mol. The number of halogens is 2. The van der Waals surface area contributed by atoms with Crippen molar-refractivity contribution in [3.8, 4) is 0 Å². The molecule has 1 aliphatic rings. The molecular formula is C12H12F2N2O4S. The Hall–Kier alpha value is -1.90. The SMILES string of the molecule is O=C(O)CC1CSCCN1c1cc(F)cc(F)c1[N+](=O)[O-]. The minimum Gasteiger partial charge on any atom is -0.481 e. The van der Waals surface area contributed by atoms with E-state index in [1.807, 2.05) is 0 Å². The van der Waals surface area contributed by atoms with Crippen molar-refractivity contribution in [3.05, 3.63) is 33.9 Å². The summed E-state index contributed by atoms with van der Waals surface area (Å²) in [7, 11) is 0. The predicted octanol–water partition coefficient (Wildman–Crippen LogP) is 2.27. The van der Waals surface area contributed by atoms with Gasteiger partial charge in [0.25, 0.3) is 0 Å². The second-order valence-corrected chi connectivity index (χ2v) is 5.68. The average Bonchev–Trinajstić information content (AvgIpc) is 2.37. The molecule has 2 rings (SSSR count). The van der Waals surface area contributed by atoms with Gasteiger partial charge < -0.3 is 10.0 Å². The number of carboxylic acid groups (broad SMARTS) is 1. The third kappa shape index (κ3) is 3.41. The summed E-state index contributed by atoms with van der Waals surface area (Å²) in [6, 6.07) is 0.791. The van der Waals surface area contributed by atoms with E-state index in [1.165, 1.54) is 16.7 Å². The first-order valence-electron chi connectivity index (χ1n) is 6.09. The van der Waals surface area contributed by atoms with E-state index in [4.69, 9.17) is 5.11 Å². The first-order valence-corrected chi connectivity index (χ1v) is 7.25. The van der Waals surface area contributed by atoms with Crippen molar-refractivity contribution in [2.45, 2.75) is 12.5 Å². The van der Waals surface area contributed by atoms with E-state index in [-0.39, 0.29) is 12.1 Å². The molecule has 1 atom stereocenters. The van der Waals surface area contributed by atoms with Crippen LogP contribution >= 0.6 is 11.8 Å². The molecule has 1 saturated heterocycles. The minimum atomic E-state index is -1.26. The van der Waals surface area contributed by atoms with Crippen molar-refractivity contribution >= 4 is 29.1 Å². The summed E-state index contributed by atoms with van der Waals surface area (Å²) in [5.41, 5.74) is -1.03. The summed E-state index contributed by atoms with van der Waals surface area (Å²) in [5, 5.41) is 19.9. The summed E-state index contributed by atoms with van der Waals surface area (Å²) in [5.74, 6) is -2.22. The van der Waals surface area contributed by atoms with Crippen molar-refractivity contribution in [2.75, 3.05) is 23.0 Å². The molecule has 1 unspecified atom stereocenters. The van der Waals surface area contributed by atoms with Crippen molar-refractivity contribution in [1.82, 2.24) is 0 Å². The van der Waals surface area contributed by atoms with Gasteiger partial charge in [0.15, 0.2) is 0 Å². The molecule has 0 saturated carbocycles. The Bertz CT molecular complexity index is 585. The molecule has 0 aliphatic carbocycles. The largest absolute Gasteiger partial charge is 0.481 e. The maximum absolute atomic E-state index is 13.7. The summed E-state index contributed by atoms with van der Waals surface area (Å²) in [6.45, 7) is 0.298. The molecule has 1 aliphatic heterocycles. The van der Waals surface area contributed by atoms with Crippen LogP contribution in [0, 0.1) is 21.7 Å². The van der Waals surface area contributed by atoms with Gasteiger partial charge in [0.1, 0.15) is 11.5 Å². The Labute approximate surface area is 122 Å². The molecule has 0 amide bonds. The average molecular weight is 318 g/mol. The van der Waals surface area contributed by atoms with Gasteiger partial charge >= 0.3 is 11.7 Å². The van der Waals surface area contributed by atoms with E-state index < -0.39 is 34.3 Å². The van der Waals surface area contributed by atoms with Crippen LogP contribution < -0.4 is 4.90 Å². The molecule has 1 aromatic carbocycles. The first kappa shape index (κ1) is 15.5. The zero-order valence-corrected chi connectivity index (χ0v) is 11.6. The van der Waals surface area contributed by atoms with E-state index in [0.717, 1.165) is 6.07 Å². The van der Waals surface area contributed by atoms with E-state index in [9.17, 15) is 23.7 Å². The molecule has 1 heterocycles. The van der Waals surface area contributed by atoms with Gasteiger partial charge in [-0.1, -0.05) is 0 Å². The van der Waals surface area contributed by atoms with Gasteiger partial charge in [0.05, 0.1) is 11.3 Å². The van der Waals surface area contributed by atoms with Crippen LogP contribution in [0.2, 0.25) is 0 Å². The number of anilines is 1. The van der Waals surface area contributed by atoms with Crippen LogP contribution in [0.15, 0.2) is 12.1 Å². The van der Waals surface area contributed by atoms with Gasteiger partial charge in [-0.3, -0.25) is 14.9 Å². The fraction of sp³-hybridized carbons (Fsp3) is 0.417. The number of hydrogen-bond donors (Lipinski definition) is 1. The lowest BCUT2D eigenvalue weighted by Gasteiger charge is -2.36. The molecule has 114 valence electrons. The molecule has 0 radical (unpaired) electrons. The molecule has 1 fully saturated rings. The summed E-state index contributed by atoms with van der Waals surface area (Å²) in [4.78, 5) is 22.4. The number of nitrogens with zero attached hydrogens (tertiary/aromatic N) is 2. The minimum absolute atomic E-state index is 0.205. The summed E-state index contributed by atoms with van der Waals surface area (Å²) < 4.78 is 27.1. The normalized spacial score (nSPS) is 18.6. The Balaban J connectivity index is 2.46. The summed E-state index contributed by atoms with van der Waals surface area (Å²) >= 11 is 1.50. The molecule has 9 heteroatoms. The van der Waals surface area contributed by atoms with Crippen molar-refractivity contribution in [3.63, 3.8) is 0 Å². The third-order valence-electron chi connectivity index (χ3n) is 3.14. The highest BCUT2D eigenvalue weighted by Crippen LogP contribution is 2.35. The summed E-state index contributed by atoms with van der Waals surface area (Å²) in [6.07, 6.45) is -0.248. The number of carbonyl (C=O) groups is 1. The van der Waals surface area contributed by atoms with Gasteiger partial charge in [-0.05, 0) is 0 Å². The highest BCUT2D eigenvalue weighted by atomic mass is 32.2. The highest BCUT2D eigenvalue weighted by molar-refractivity contribution is 7.99. The topological polar surface area (TPSA) is 83.7 Å². The van der Waals surface area contributed by atoms with Crippen LogP contribution in [0.1, 0.15) is 6.42 Å². The van der Waals surface area contributed by atoms with E-state index in [2.05, 4.69) is 0 Å². The number of nitro benzene ring substituents is 1. The number of aliphatic carboxylic acids is 1. The lowest BCUT2D eigenvalue weighted by Crippen LogP contribution is -2.44. The molecule has 1 aromatic rings. The van der Waals surface area contributed by atoms with Crippen molar-refractivity contribution in [2.24, 2.45) is 0 Å². The standard InChI is InChI=1S/C12H12F2N2O4S/c13-7-3-9(14)12(16(19)20)10(4-7)15-1-2-21-6-8(15)5-11(17)18/h3-4,8H,1-2,5-6H2,(H,17,18). The van der Waals surface area contributed by atoms with Crippen LogP contribution in [-0.4, -0.2) is 40.1 Å². The smallest absolute Gasteiger partial charge is 0.328 e. The van der Waals surface area contributed by atoms with Crippen molar-refractivity contribution < 1.29 is 23.6 Å². The fourth-order valence-corrected chi connectivity index (χ4v) is 3.36. The maximum atomic E-state index is 13.7. The number of carboxylic acids is 1. The van der Waals surface area contributed by atoms with Gasteiger partial charge in [-0.15, -0.1) is 0 Å². The number of rotatable bonds is 4. The number of hydrogen-bond acceptors (Lipinski definition) is 5. The Kier molecular flexibility index (Phi) is 4.61. The van der Waals surface area contributed by atoms with Crippen LogP contribution in [0.3, 0.4) is 0 Å². The first-order chi connectivity index (χ1) is 9.90. The van der Waals surface area contributed by atoms with Gasteiger partial charge in [0, 0.05) is 36.2 Å². The van der Waals surface area contributed by atoms with E-state index in [1.54, 1.807) is 0 Å². The van der Waals surface area contributed by atoms with E-state index >= 15 is 0 Å². The van der Waals surface area contributed by atoms with Crippen LogP contribution in [-0.2, 0) is 4.79 Å². The van der Waals surface area contributed by atoms with Crippen LogP contribution in [0.5, 0.6) is 0 Å². The van der Waals surface area contributed by atoms with E-state index in [0.29, 0.717) is 24.1 Å². The zero-order valence-electron chi connectivity index (χ0n) is 10.8. The predicted molar refractivity (Wildman–Crippen MR) is 73.7 cm³/mol. The van der Waals surface area contributed by atoms with Crippen LogP contribution in [0.25, 0.3) is 0 Å². The number of benzene rings is 1. The fourth-order valence-electron chi connectivity index (χ4n) is 2.29. The maximum Gasteiger partial charge on any atom is 0.328 e. The second kappa shape index (κ2) is 6.25. The Morgan fingerprint density at radius 2 is 2.24 bits per heavy atom. The lowest BCUT2D eigenvalue weighted by molar-refractivity contribution is -0.386. The Morgan fingerprint density at radius 1 is 1.52 bits per heavy atom. The molecule has 21 heavy (non-hydrogen) atoms. The van der Waals surface area contributed by atoms with Gasteiger partial charge in [-0.2, -0.15) is 16.2 Å². The molecule has 6 nitrogen and oxygen atoms in total.